The third-order valence-corrected chi connectivity index (χ3v) is 4.77. The van der Waals surface area contributed by atoms with Crippen LogP contribution in [0.1, 0.15) is 12.0 Å². The van der Waals surface area contributed by atoms with Gasteiger partial charge in [-0.05, 0) is 55.0 Å². The Balaban J connectivity index is 1.60. The van der Waals surface area contributed by atoms with Crippen molar-refractivity contribution in [3.63, 3.8) is 0 Å². The van der Waals surface area contributed by atoms with Gasteiger partial charge in [0.05, 0.1) is 13.2 Å². The van der Waals surface area contributed by atoms with Crippen molar-refractivity contribution in [2.45, 2.75) is 19.4 Å². The number of carbonyl (C=O) groups excluding carboxylic acids is 2. The Morgan fingerprint density at radius 1 is 1.23 bits per heavy atom. The minimum atomic E-state index is -0.315. The van der Waals surface area contributed by atoms with Gasteiger partial charge in [0.25, 0.3) is 0 Å². The molecule has 136 valence electrons. The summed E-state index contributed by atoms with van der Waals surface area (Å²) in [5.41, 5.74) is 2.49. The van der Waals surface area contributed by atoms with E-state index in [1.54, 1.807) is 12.0 Å². The zero-order valence-electron chi connectivity index (χ0n) is 14.6. The molecule has 0 saturated carbocycles. The molecule has 1 aliphatic heterocycles. The maximum absolute atomic E-state index is 12.3. The lowest BCUT2D eigenvalue weighted by Gasteiger charge is -2.18. The Morgan fingerprint density at radius 3 is 2.62 bits per heavy atom. The standard InChI is InChI=1S/C19H20BrN3O3/c1-12-9-13(20)3-8-17(12)22-19(25)21-14-10-18(24)23(11-14)15-4-6-16(26-2)7-5-15/h3-9,14H,10-11H2,1-2H3,(H2,21,22,25)/t14-/m1/s1. The second kappa shape index (κ2) is 7.78. The molecular formula is C19H20BrN3O3. The number of methoxy groups -OCH3 is 1. The normalized spacial score (nSPS) is 16.5. The number of ether oxygens (including phenoxy) is 1. The van der Waals surface area contributed by atoms with Gasteiger partial charge in [0, 0.05) is 28.8 Å². The maximum atomic E-state index is 12.3. The van der Waals surface area contributed by atoms with Gasteiger partial charge < -0.3 is 20.3 Å². The molecule has 0 unspecified atom stereocenters. The van der Waals surface area contributed by atoms with Crippen LogP contribution in [0.4, 0.5) is 16.2 Å². The number of carbonyl (C=O) groups is 2. The number of benzene rings is 2. The molecular weight excluding hydrogens is 398 g/mol. The lowest BCUT2D eigenvalue weighted by atomic mass is 10.2. The van der Waals surface area contributed by atoms with Gasteiger partial charge in [0.15, 0.2) is 0 Å². The van der Waals surface area contributed by atoms with Gasteiger partial charge in [0.2, 0.25) is 5.91 Å². The molecule has 7 heteroatoms. The van der Waals surface area contributed by atoms with Crippen LogP contribution in [-0.4, -0.2) is 31.6 Å². The number of amides is 3. The van der Waals surface area contributed by atoms with E-state index in [1.807, 2.05) is 49.4 Å². The Kier molecular flexibility index (Phi) is 5.46. The number of anilines is 2. The quantitative estimate of drug-likeness (QED) is 0.796. The van der Waals surface area contributed by atoms with Crippen LogP contribution in [0.15, 0.2) is 46.9 Å². The average Bonchev–Trinajstić information content (AvgIpc) is 2.97. The van der Waals surface area contributed by atoms with Crippen molar-refractivity contribution in [3.8, 4) is 5.75 Å². The fraction of sp³-hybridized carbons (Fsp3) is 0.263. The van der Waals surface area contributed by atoms with Crippen molar-refractivity contribution >= 4 is 39.2 Å². The molecule has 0 bridgehead atoms. The first-order valence-electron chi connectivity index (χ1n) is 8.24. The second-order valence-corrected chi connectivity index (χ2v) is 7.08. The summed E-state index contributed by atoms with van der Waals surface area (Å²) in [5.74, 6) is 0.722. The highest BCUT2D eigenvalue weighted by Crippen LogP contribution is 2.24. The van der Waals surface area contributed by atoms with Gasteiger partial charge in [-0.2, -0.15) is 0 Å². The summed E-state index contributed by atoms with van der Waals surface area (Å²) < 4.78 is 6.09. The number of nitrogens with one attached hydrogen (secondary N) is 2. The summed E-state index contributed by atoms with van der Waals surface area (Å²) in [6.07, 6.45) is 0.277. The monoisotopic (exact) mass is 417 g/mol. The second-order valence-electron chi connectivity index (χ2n) is 6.16. The predicted molar refractivity (Wildman–Crippen MR) is 105 cm³/mol. The third kappa shape index (κ3) is 4.16. The lowest BCUT2D eigenvalue weighted by molar-refractivity contribution is -0.117. The third-order valence-electron chi connectivity index (χ3n) is 4.28. The first-order valence-corrected chi connectivity index (χ1v) is 9.03. The number of halogens is 1. The fourth-order valence-electron chi connectivity index (χ4n) is 2.93. The smallest absolute Gasteiger partial charge is 0.319 e. The Morgan fingerprint density at radius 2 is 1.96 bits per heavy atom. The van der Waals surface area contributed by atoms with E-state index in [-0.39, 0.29) is 24.4 Å². The molecule has 0 radical (unpaired) electrons. The summed E-state index contributed by atoms with van der Waals surface area (Å²) in [6.45, 7) is 2.36. The average molecular weight is 418 g/mol. The molecule has 1 saturated heterocycles. The summed E-state index contributed by atoms with van der Waals surface area (Å²) in [6, 6.07) is 12.4. The van der Waals surface area contributed by atoms with E-state index in [9.17, 15) is 9.59 Å². The van der Waals surface area contributed by atoms with Gasteiger partial charge in [-0.25, -0.2) is 4.79 Å². The van der Waals surface area contributed by atoms with Gasteiger partial charge in [-0.1, -0.05) is 15.9 Å². The Labute approximate surface area is 160 Å². The molecule has 1 heterocycles. The van der Waals surface area contributed by atoms with Crippen molar-refractivity contribution in [2.24, 2.45) is 0 Å². The van der Waals surface area contributed by atoms with E-state index < -0.39 is 0 Å². The number of hydrogen-bond donors (Lipinski definition) is 2. The number of nitrogens with zero attached hydrogens (tertiary/aromatic N) is 1. The van der Waals surface area contributed by atoms with E-state index in [1.165, 1.54) is 0 Å². The lowest BCUT2D eigenvalue weighted by Crippen LogP contribution is -2.39. The highest BCUT2D eigenvalue weighted by Gasteiger charge is 2.31. The van der Waals surface area contributed by atoms with Crippen LogP contribution in [0.25, 0.3) is 0 Å². The molecule has 6 nitrogen and oxygen atoms in total. The highest BCUT2D eigenvalue weighted by molar-refractivity contribution is 9.10. The van der Waals surface area contributed by atoms with E-state index in [2.05, 4.69) is 26.6 Å². The van der Waals surface area contributed by atoms with Crippen molar-refractivity contribution in [3.05, 3.63) is 52.5 Å². The SMILES string of the molecule is COc1ccc(N2C[C@H](NC(=O)Nc3ccc(Br)cc3C)CC2=O)cc1. The molecule has 2 N–H and O–H groups in total. The molecule has 1 fully saturated rings. The molecule has 3 rings (SSSR count). The fourth-order valence-corrected chi connectivity index (χ4v) is 3.40. The number of aryl methyl sites for hydroxylation is 1. The van der Waals surface area contributed by atoms with Crippen LogP contribution >= 0.6 is 15.9 Å². The minimum absolute atomic E-state index is 0.0136. The largest absolute Gasteiger partial charge is 0.497 e. The molecule has 1 atom stereocenters. The zero-order valence-corrected chi connectivity index (χ0v) is 16.2. The van der Waals surface area contributed by atoms with Crippen LogP contribution in [-0.2, 0) is 4.79 Å². The number of hydrogen-bond acceptors (Lipinski definition) is 3. The molecule has 2 aromatic carbocycles. The minimum Gasteiger partial charge on any atom is -0.497 e. The van der Waals surface area contributed by atoms with Gasteiger partial charge in [0.1, 0.15) is 5.75 Å². The first kappa shape index (κ1) is 18.3. The van der Waals surface area contributed by atoms with Crippen molar-refractivity contribution in [1.82, 2.24) is 5.32 Å². The first-order chi connectivity index (χ1) is 12.5. The number of rotatable bonds is 4. The number of urea groups is 1. The molecule has 0 aliphatic carbocycles. The van der Waals surface area contributed by atoms with E-state index in [4.69, 9.17) is 4.74 Å². The van der Waals surface area contributed by atoms with Gasteiger partial charge in [-0.15, -0.1) is 0 Å². The van der Waals surface area contributed by atoms with Crippen LogP contribution in [0, 0.1) is 6.92 Å². The van der Waals surface area contributed by atoms with Crippen molar-refractivity contribution < 1.29 is 14.3 Å². The molecule has 0 aromatic heterocycles. The van der Waals surface area contributed by atoms with Gasteiger partial charge >= 0.3 is 6.03 Å². The van der Waals surface area contributed by atoms with Crippen LogP contribution in [0.3, 0.4) is 0 Å². The molecule has 0 spiro atoms. The van der Waals surface area contributed by atoms with Gasteiger partial charge in [-0.3, -0.25) is 4.79 Å². The van der Waals surface area contributed by atoms with Crippen molar-refractivity contribution in [2.75, 3.05) is 23.9 Å². The van der Waals surface area contributed by atoms with E-state index in [0.717, 1.165) is 27.2 Å². The predicted octanol–water partition coefficient (Wildman–Crippen LogP) is 3.69. The summed E-state index contributed by atoms with van der Waals surface area (Å²) in [5, 5.41) is 5.70. The van der Waals surface area contributed by atoms with Crippen molar-refractivity contribution in [1.29, 1.82) is 0 Å². The highest BCUT2D eigenvalue weighted by atomic mass is 79.9. The Bertz CT molecular complexity index is 823. The maximum Gasteiger partial charge on any atom is 0.319 e. The van der Waals surface area contributed by atoms with E-state index >= 15 is 0 Å². The molecule has 26 heavy (non-hydrogen) atoms. The summed E-state index contributed by atoms with van der Waals surface area (Å²) in [7, 11) is 1.60. The van der Waals surface area contributed by atoms with E-state index in [0.29, 0.717) is 6.54 Å². The van der Waals surface area contributed by atoms with Crippen LogP contribution in [0.5, 0.6) is 5.75 Å². The molecule has 3 amide bonds. The molecule has 1 aliphatic rings. The molecule has 2 aromatic rings. The van der Waals surface area contributed by atoms with Crippen LogP contribution in [0.2, 0.25) is 0 Å². The topological polar surface area (TPSA) is 70.7 Å². The summed E-state index contributed by atoms with van der Waals surface area (Å²) >= 11 is 3.40. The summed E-state index contributed by atoms with van der Waals surface area (Å²) in [4.78, 5) is 26.2. The zero-order chi connectivity index (χ0) is 18.7. The van der Waals surface area contributed by atoms with Crippen LogP contribution < -0.4 is 20.3 Å². The Hall–Kier alpha value is -2.54.